The van der Waals surface area contributed by atoms with Gasteiger partial charge in [0.25, 0.3) is 0 Å². The topological polar surface area (TPSA) is 111 Å². The first-order valence-corrected chi connectivity index (χ1v) is 9.79. The van der Waals surface area contributed by atoms with Crippen molar-refractivity contribution in [2.75, 3.05) is 33.8 Å². The molecule has 1 aliphatic rings. The van der Waals surface area contributed by atoms with Crippen LogP contribution in [-0.2, 0) is 16.0 Å². The molecule has 0 spiro atoms. The molecule has 1 aromatic carbocycles. The molecule has 0 bridgehead atoms. The van der Waals surface area contributed by atoms with E-state index in [1.54, 1.807) is 14.2 Å². The second-order valence-electron chi connectivity index (χ2n) is 7.55. The number of amides is 2. The molecule has 3 N–H and O–H groups in total. The van der Waals surface area contributed by atoms with Gasteiger partial charge in [-0.2, -0.15) is 0 Å². The number of methoxy groups -OCH3 is 1. The Bertz CT molecular complexity index is 833. The van der Waals surface area contributed by atoms with Crippen LogP contribution in [0.1, 0.15) is 18.5 Å². The molecule has 156 valence electrons. The predicted molar refractivity (Wildman–Crippen MR) is 108 cm³/mol. The van der Waals surface area contributed by atoms with Gasteiger partial charge in [-0.15, -0.1) is 0 Å². The van der Waals surface area contributed by atoms with Crippen LogP contribution in [0.25, 0.3) is 11.3 Å². The number of nitrogens with two attached hydrogens (primary N) is 1. The number of nitrogens with zero attached hydrogens (tertiary/aromatic N) is 2. The standard InChI is InChI=1S/C21H28N4O4/c1-25(13-20(22)26)21(27)10-15-7-8-23-12-16(15)9-17-11-19(29-24-17)14-3-5-18(28-2)6-4-14/h3-6,11,15-16,23H,7-10,12-13H2,1-2H3,(H2,22,26). The second-order valence-corrected chi connectivity index (χ2v) is 7.55. The number of primary amides is 1. The highest BCUT2D eigenvalue weighted by molar-refractivity contribution is 5.83. The monoisotopic (exact) mass is 400 g/mol. The lowest BCUT2D eigenvalue weighted by atomic mass is 9.81. The number of rotatable bonds is 8. The van der Waals surface area contributed by atoms with Gasteiger partial charge >= 0.3 is 0 Å². The number of hydrogen-bond donors (Lipinski definition) is 2. The Morgan fingerprint density at radius 2 is 2.07 bits per heavy atom. The van der Waals surface area contributed by atoms with Crippen molar-refractivity contribution in [2.24, 2.45) is 17.6 Å². The summed E-state index contributed by atoms with van der Waals surface area (Å²) < 4.78 is 10.7. The third-order valence-electron chi connectivity index (χ3n) is 5.43. The summed E-state index contributed by atoms with van der Waals surface area (Å²) in [5, 5.41) is 7.63. The molecule has 2 heterocycles. The fourth-order valence-corrected chi connectivity index (χ4v) is 3.75. The fraction of sp³-hybridized carbons (Fsp3) is 0.476. The normalized spacial score (nSPS) is 19.0. The SMILES string of the molecule is COc1ccc(-c2cc(CC3CNCCC3CC(=O)N(C)CC(N)=O)no2)cc1. The summed E-state index contributed by atoms with van der Waals surface area (Å²) in [6.45, 7) is 1.65. The van der Waals surface area contributed by atoms with Gasteiger partial charge < -0.3 is 25.2 Å². The van der Waals surface area contributed by atoms with E-state index < -0.39 is 5.91 Å². The number of ether oxygens (including phenoxy) is 1. The molecule has 1 aromatic heterocycles. The van der Waals surface area contributed by atoms with Crippen LogP contribution in [0.3, 0.4) is 0 Å². The zero-order valence-corrected chi connectivity index (χ0v) is 16.9. The molecule has 1 saturated heterocycles. The zero-order valence-electron chi connectivity index (χ0n) is 16.9. The minimum atomic E-state index is -0.503. The maximum absolute atomic E-state index is 12.4. The van der Waals surface area contributed by atoms with E-state index in [9.17, 15) is 9.59 Å². The second kappa shape index (κ2) is 9.56. The molecular weight excluding hydrogens is 372 g/mol. The first-order chi connectivity index (χ1) is 14.0. The van der Waals surface area contributed by atoms with Crippen molar-refractivity contribution in [1.29, 1.82) is 0 Å². The van der Waals surface area contributed by atoms with Gasteiger partial charge in [0.15, 0.2) is 5.76 Å². The molecule has 0 saturated carbocycles. The van der Waals surface area contributed by atoms with E-state index in [4.69, 9.17) is 15.0 Å². The lowest BCUT2D eigenvalue weighted by Crippen LogP contribution is -2.42. The number of piperidine rings is 1. The fourth-order valence-electron chi connectivity index (χ4n) is 3.75. The largest absolute Gasteiger partial charge is 0.497 e. The molecule has 2 unspecified atom stereocenters. The quantitative estimate of drug-likeness (QED) is 0.694. The Morgan fingerprint density at radius 1 is 1.31 bits per heavy atom. The summed E-state index contributed by atoms with van der Waals surface area (Å²) in [5.74, 6) is 1.43. The van der Waals surface area contributed by atoms with Crippen molar-refractivity contribution in [1.82, 2.24) is 15.4 Å². The summed E-state index contributed by atoms with van der Waals surface area (Å²) in [7, 11) is 3.24. The van der Waals surface area contributed by atoms with E-state index in [2.05, 4.69) is 10.5 Å². The molecule has 2 amide bonds. The van der Waals surface area contributed by atoms with Crippen LogP contribution < -0.4 is 15.8 Å². The number of carbonyl (C=O) groups is 2. The highest BCUT2D eigenvalue weighted by Crippen LogP contribution is 2.29. The van der Waals surface area contributed by atoms with Gasteiger partial charge in [-0.3, -0.25) is 9.59 Å². The summed E-state index contributed by atoms with van der Waals surface area (Å²) in [6, 6.07) is 9.58. The van der Waals surface area contributed by atoms with Crippen LogP contribution in [0.2, 0.25) is 0 Å². The van der Waals surface area contributed by atoms with Crippen LogP contribution in [0.15, 0.2) is 34.9 Å². The van der Waals surface area contributed by atoms with Crippen molar-refractivity contribution in [3.8, 4) is 17.1 Å². The Hall–Kier alpha value is -2.87. The number of nitrogens with one attached hydrogen (secondary N) is 1. The van der Waals surface area contributed by atoms with Gasteiger partial charge in [0.05, 0.1) is 19.3 Å². The molecule has 1 aliphatic heterocycles. The molecule has 8 nitrogen and oxygen atoms in total. The summed E-state index contributed by atoms with van der Waals surface area (Å²) in [4.78, 5) is 24.9. The summed E-state index contributed by atoms with van der Waals surface area (Å²) in [5.41, 5.74) is 7.00. The minimum absolute atomic E-state index is 0.0526. The van der Waals surface area contributed by atoms with Gasteiger partial charge in [-0.05, 0) is 62.0 Å². The number of aromatic nitrogens is 1. The maximum atomic E-state index is 12.4. The van der Waals surface area contributed by atoms with Crippen molar-refractivity contribution in [2.45, 2.75) is 19.3 Å². The van der Waals surface area contributed by atoms with E-state index in [1.165, 1.54) is 4.90 Å². The van der Waals surface area contributed by atoms with Gasteiger partial charge in [0.2, 0.25) is 11.8 Å². The lowest BCUT2D eigenvalue weighted by Gasteiger charge is -2.32. The number of benzene rings is 1. The van der Waals surface area contributed by atoms with E-state index in [0.29, 0.717) is 12.2 Å². The van der Waals surface area contributed by atoms with Gasteiger partial charge in [-0.25, -0.2) is 0 Å². The van der Waals surface area contributed by atoms with E-state index in [-0.39, 0.29) is 24.3 Å². The molecule has 3 rings (SSSR count). The van der Waals surface area contributed by atoms with E-state index in [1.807, 2.05) is 30.3 Å². The molecular formula is C21H28N4O4. The number of hydrogen-bond acceptors (Lipinski definition) is 6. The third kappa shape index (κ3) is 5.57. The van der Waals surface area contributed by atoms with E-state index >= 15 is 0 Å². The third-order valence-corrected chi connectivity index (χ3v) is 5.43. The molecule has 8 heteroatoms. The maximum Gasteiger partial charge on any atom is 0.237 e. The average Bonchev–Trinajstić information content (AvgIpc) is 3.17. The van der Waals surface area contributed by atoms with Crippen molar-refractivity contribution >= 4 is 11.8 Å². The molecule has 2 aromatic rings. The van der Waals surface area contributed by atoms with Crippen molar-refractivity contribution < 1.29 is 18.8 Å². The van der Waals surface area contributed by atoms with Crippen molar-refractivity contribution in [3.05, 3.63) is 36.0 Å². The zero-order chi connectivity index (χ0) is 20.8. The van der Waals surface area contributed by atoms with Gasteiger partial charge in [0.1, 0.15) is 5.75 Å². The number of likely N-dealkylation sites (N-methyl/N-ethyl adjacent to an activating group) is 1. The Labute approximate surface area is 170 Å². The summed E-state index contributed by atoms with van der Waals surface area (Å²) in [6.07, 6.45) is 2.04. The van der Waals surface area contributed by atoms with Crippen LogP contribution >= 0.6 is 0 Å². The Morgan fingerprint density at radius 3 is 2.76 bits per heavy atom. The lowest BCUT2D eigenvalue weighted by molar-refractivity contribution is -0.135. The first-order valence-electron chi connectivity index (χ1n) is 9.79. The van der Waals surface area contributed by atoms with Crippen molar-refractivity contribution in [3.63, 3.8) is 0 Å². The smallest absolute Gasteiger partial charge is 0.237 e. The number of carbonyl (C=O) groups excluding carboxylic acids is 2. The Balaban J connectivity index is 1.63. The molecule has 0 radical (unpaired) electrons. The summed E-state index contributed by atoms with van der Waals surface area (Å²) >= 11 is 0. The van der Waals surface area contributed by atoms with Gasteiger partial charge in [0, 0.05) is 25.1 Å². The average molecular weight is 400 g/mol. The van der Waals surface area contributed by atoms with Crippen LogP contribution in [0.5, 0.6) is 5.75 Å². The minimum Gasteiger partial charge on any atom is -0.497 e. The predicted octanol–water partition coefficient (Wildman–Crippen LogP) is 1.45. The van der Waals surface area contributed by atoms with Gasteiger partial charge in [-0.1, -0.05) is 5.16 Å². The highest BCUT2D eigenvalue weighted by atomic mass is 16.5. The first kappa shape index (κ1) is 20.9. The molecule has 0 aliphatic carbocycles. The van der Waals surface area contributed by atoms with E-state index in [0.717, 1.165) is 42.9 Å². The van der Waals surface area contributed by atoms with Crippen LogP contribution in [-0.4, -0.2) is 55.7 Å². The van der Waals surface area contributed by atoms with Crippen LogP contribution in [0, 0.1) is 11.8 Å². The molecule has 2 atom stereocenters. The Kier molecular flexibility index (Phi) is 6.87. The molecule has 1 fully saturated rings. The highest BCUT2D eigenvalue weighted by Gasteiger charge is 2.29. The molecule has 29 heavy (non-hydrogen) atoms. The van der Waals surface area contributed by atoms with Crippen LogP contribution in [0.4, 0.5) is 0 Å².